The Bertz CT molecular complexity index is 1850. The van der Waals surface area contributed by atoms with E-state index in [1.807, 2.05) is 31.2 Å². The lowest BCUT2D eigenvalue weighted by Gasteiger charge is -2.23. The maximum Gasteiger partial charge on any atom is 0.337 e. The number of hydrogen-bond acceptors (Lipinski definition) is 8. The van der Waals surface area contributed by atoms with Crippen LogP contribution in [-0.4, -0.2) is 46.8 Å². The third-order valence-electron chi connectivity index (χ3n) is 7.94. The zero-order valence-electron chi connectivity index (χ0n) is 25.1. The second-order valence-electron chi connectivity index (χ2n) is 10.8. The molecule has 2 unspecified atom stereocenters. The van der Waals surface area contributed by atoms with Crippen molar-refractivity contribution in [2.45, 2.75) is 32.2 Å². The average molecular weight is 625 g/mol. The number of pyridine rings is 1. The van der Waals surface area contributed by atoms with Crippen LogP contribution in [0.4, 0.5) is 0 Å². The van der Waals surface area contributed by atoms with Crippen molar-refractivity contribution < 1.29 is 14.3 Å². The lowest BCUT2D eigenvalue weighted by Crippen LogP contribution is -2.32. The number of halogens is 1. The molecule has 1 aliphatic rings. The van der Waals surface area contributed by atoms with Gasteiger partial charge in [0.05, 0.1) is 47.8 Å². The van der Waals surface area contributed by atoms with Gasteiger partial charge >= 0.3 is 5.97 Å². The van der Waals surface area contributed by atoms with E-state index in [4.69, 9.17) is 26.7 Å². The van der Waals surface area contributed by atoms with E-state index in [0.29, 0.717) is 58.2 Å². The van der Waals surface area contributed by atoms with Crippen LogP contribution >= 0.6 is 11.6 Å². The van der Waals surface area contributed by atoms with Crippen molar-refractivity contribution in [1.29, 1.82) is 5.41 Å². The minimum atomic E-state index is -0.445. The Hall–Kier alpha value is -5.09. The van der Waals surface area contributed by atoms with Gasteiger partial charge in [-0.25, -0.2) is 9.78 Å². The number of amides is 1. The quantitative estimate of drug-likeness (QED) is 0.191. The van der Waals surface area contributed by atoms with E-state index in [1.54, 1.807) is 48.1 Å². The summed E-state index contributed by atoms with van der Waals surface area (Å²) in [5, 5.41) is 14.4. The highest BCUT2D eigenvalue weighted by molar-refractivity contribution is 6.31. The number of carbonyl (C=O) groups is 2. The van der Waals surface area contributed by atoms with Gasteiger partial charge in [0, 0.05) is 47.6 Å². The van der Waals surface area contributed by atoms with Crippen molar-refractivity contribution in [1.82, 2.24) is 25.2 Å². The second kappa shape index (κ2) is 13.7. The van der Waals surface area contributed by atoms with Crippen LogP contribution in [0.5, 0.6) is 0 Å². The molecule has 10 nitrogen and oxygen atoms in total. The molecule has 0 spiro atoms. The Labute approximate surface area is 265 Å². The first kappa shape index (κ1) is 31.3. The third kappa shape index (κ3) is 6.71. The monoisotopic (exact) mass is 624 g/mol. The van der Waals surface area contributed by atoms with Gasteiger partial charge in [-0.1, -0.05) is 43.1 Å². The molecule has 3 N–H and O–H groups in total. The van der Waals surface area contributed by atoms with E-state index in [0.717, 1.165) is 22.9 Å². The maximum atomic E-state index is 13.8. The number of esters is 1. The number of carbonyl (C=O) groups excluding carboxylic acids is 2. The van der Waals surface area contributed by atoms with E-state index in [9.17, 15) is 14.4 Å². The first-order chi connectivity index (χ1) is 21.7. The number of allylic oxidation sites excluding steroid dienone is 1. The smallest absolute Gasteiger partial charge is 0.337 e. The van der Waals surface area contributed by atoms with Crippen molar-refractivity contribution in [3.8, 4) is 22.4 Å². The van der Waals surface area contributed by atoms with Crippen molar-refractivity contribution in [2.24, 2.45) is 5.92 Å². The SMILES string of the molecule is CN/C1=C(\C=N)NC(=O)C(C)CCCC(n2cnc(-c3cc(Cl)ccc3-c3ccc(C(=O)OC)cc3)cc2=O)c2cc1ccn2. The summed E-state index contributed by atoms with van der Waals surface area (Å²) < 4.78 is 6.38. The number of aromatic nitrogens is 3. The Morgan fingerprint density at radius 2 is 1.82 bits per heavy atom. The first-order valence-electron chi connectivity index (χ1n) is 14.5. The van der Waals surface area contributed by atoms with Gasteiger partial charge in [0.2, 0.25) is 5.91 Å². The van der Waals surface area contributed by atoms with E-state index >= 15 is 0 Å². The number of ether oxygens (including phenoxy) is 1. The minimum Gasteiger partial charge on any atom is -0.465 e. The van der Waals surface area contributed by atoms with Crippen molar-refractivity contribution >= 4 is 35.4 Å². The van der Waals surface area contributed by atoms with Crippen LogP contribution in [0.15, 0.2) is 83.7 Å². The highest BCUT2D eigenvalue weighted by atomic mass is 35.5. The molecule has 4 aromatic rings. The average Bonchev–Trinajstić information content (AvgIpc) is 3.06. The summed E-state index contributed by atoms with van der Waals surface area (Å²) in [6, 6.07) is 17.1. The molecule has 11 heteroatoms. The predicted molar refractivity (Wildman–Crippen MR) is 174 cm³/mol. The molecule has 1 aliphatic heterocycles. The number of methoxy groups -OCH3 is 1. The summed E-state index contributed by atoms with van der Waals surface area (Å²) in [5.74, 6) is -0.904. The number of nitrogens with zero attached hydrogens (tertiary/aromatic N) is 3. The van der Waals surface area contributed by atoms with E-state index in [2.05, 4.69) is 15.6 Å². The minimum absolute atomic E-state index is 0.173. The molecular weight excluding hydrogens is 592 g/mol. The second-order valence-corrected chi connectivity index (χ2v) is 11.2. The maximum absolute atomic E-state index is 13.8. The summed E-state index contributed by atoms with van der Waals surface area (Å²) in [6.07, 6.45) is 6.10. The third-order valence-corrected chi connectivity index (χ3v) is 8.18. The van der Waals surface area contributed by atoms with Crippen LogP contribution in [-0.2, 0) is 9.53 Å². The highest BCUT2D eigenvalue weighted by Gasteiger charge is 2.23. The summed E-state index contributed by atoms with van der Waals surface area (Å²) in [7, 11) is 3.06. The van der Waals surface area contributed by atoms with E-state index in [1.165, 1.54) is 19.5 Å². The largest absolute Gasteiger partial charge is 0.465 e. The number of nitrogens with one attached hydrogen (secondary N) is 3. The first-order valence-corrected chi connectivity index (χ1v) is 14.9. The summed E-state index contributed by atoms with van der Waals surface area (Å²) in [4.78, 5) is 48.0. The van der Waals surface area contributed by atoms with Gasteiger partial charge in [-0.05, 0) is 60.4 Å². The van der Waals surface area contributed by atoms with Gasteiger partial charge in [0.15, 0.2) is 0 Å². The molecule has 5 rings (SSSR count). The van der Waals surface area contributed by atoms with E-state index in [-0.39, 0.29) is 17.4 Å². The standard InChI is InChI=1S/C34H33ClN6O4/c1-20-5-4-6-30(28-15-23(13-14-38-28)32(37-2)29(18-36)40-33(20)43)41-19-39-27(17-31(41)42)26-16-24(35)11-12-25(26)21-7-9-22(10-8-21)34(44)45-3/h7-20,30,36-37H,4-6H2,1-3H3,(H,40,43)/b32-29+,36-18?. The molecule has 3 heterocycles. The molecule has 0 saturated carbocycles. The Kier molecular flexibility index (Phi) is 9.53. The Balaban J connectivity index is 1.57. The molecule has 0 saturated heterocycles. The van der Waals surface area contributed by atoms with Crippen LogP contribution in [0, 0.1) is 11.3 Å². The lowest BCUT2D eigenvalue weighted by molar-refractivity contribution is -0.123. The van der Waals surface area contributed by atoms with Gasteiger partial charge in [-0.3, -0.25) is 19.1 Å². The van der Waals surface area contributed by atoms with Gasteiger partial charge in [-0.15, -0.1) is 0 Å². The molecule has 0 aliphatic carbocycles. The topological polar surface area (TPSA) is 139 Å². The molecule has 45 heavy (non-hydrogen) atoms. The van der Waals surface area contributed by atoms with Crippen molar-refractivity contribution in [3.63, 3.8) is 0 Å². The number of hydrogen-bond donors (Lipinski definition) is 3. The zero-order valence-corrected chi connectivity index (χ0v) is 25.9. The summed E-state index contributed by atoms with van der Waals surface area (Å²) in [6.45, 7) is 1.85. The number of rotatable bonds is 6. The molecule has 2 aromatic carbocycles. The van der Waals surface area contributed by atoms with Crippen LogP contribution in [0.25, 0.3) is 28.1 Å². The molecule has 2 aromatic heterocycles. The number of fused-ring (bicyclic) bond motifs is 2. The zero-order chi connectivity index (χ0) is 32.1. The van der Waals surface area contributed by atoms with Gasteiger partial charge in [0.25, 0.3) is 5.56 Å². The van der Waals surface area contributed by atoms with Crippen LogP contribution in [0.3, 0.4) is 0 Å². The highest BCUT2D eigenvalue weighted by Crippen LogP contribution is 2.34. The number of benzene rings is 2. The summed E-state index contributed by atoms with van der Waals surface area (Å²) >= 11 is 6.39. The van der Waals surface area contributed by atoms with Crippen LogP contribution in [0.2, 0.25) is 5.02 Å². The molecular formula is C34H33ClN6O4. The predicted octanol–water partition coefficient (Wildman–Crippen LogP) is 5.48. The molecule has 230 valence electrons. The van der Waals surface area contributed by atoms with Crippen LogP contribution < -0.4 is 16.2 Å². The fourth-order valence-electron chi connectivity index (χ4n) is 5.50. The molecule has 2 atom stereocenters. The fourth-order valence-corrected chi connectivity index (χ4v) is 5.67. The molecule has 0 fully saturated rings. The summed E-state index contributed by atoms with van der Waals surface area (Å²) in [5.41, 5.74) is 5.18. The van der Waals surface area contributed by atoms with Crippen molar-refractivity contribution in [2.75, 3.05) is 14.2 Å². The van der Waals surface area contributed by atoms with E-state index < -0.39 is 12.0 Å². The molecule has 2 bridgehead atoms. The molecule has 0 radical (unpaired) electrons. The Morgan fingerprint density at radius 1 is 1.04 bits per heavy atom. The normalized spacial score (nSPS) is 18.6. The van der Waals surface area contributed by atoms with Crippen LogP contribution in [0.1, 0.15) is 53.8 Å². The molecule has 1 amide bonds. The van der Waals surface area contributed by atoms with Crippen molar-refractivity contribution in [3.05, 3.63) is 111 Å². The lowest BCUT2D eigenvalue weighted by atomic mass is 9.96. The van der Waals surface area contributed by atoms with Gasteiger partial charge < -0.3 is 20.8 Å². The Morgan fingerprint density at radius 3 is 2.51 bits per heavy atom. The fraction of sp³-hybridized carbons (Fsp3) is 0.235. The van der Waals surface area contributed by atoms with Gasteiger partial charge in [0.1, 0.15) is 0 Å². The van der Waals surface area contributed by atoms with Gasteiger partial charge in [-0.2, -0.15) is 0 Å².